The summed E-state index contributed by atoms with van der Waals surface area (Å²) >= 11 is 0. The van der Waals surface area contributed by atoms with Crippen molar-refractivity contribution >= 4 is 11.9 Å². The van der Waals surface area contributed by atoms with Gasteiger partial charge in [0.2, 0.25) is 5.89 Å². The second-order valence-corrected chi connectivity index (χ2v) is 3.48. The van der Waals surface area contributed by atoms with Crippen molar-refractivity contribution in [1.82, 2.24) is 20.3 Å². The van der Waals surface area contributed by atoms with E-state index in [0.717, 1.165) is 6.33 Å². The van der Waals surface area contributed by atoms with Gasteiger partial charge in [-0.25, -0.2) is 14.8 Å². The molecule has 0 fully saturated rings. The number of H-pyrrole nitrogens is 1. The summed E-state index contributed by atoms with van der Waals surface area (Å²) in [5.41, 5.74) is -0.429. The SMILES string of the molecule is Cc1cnc(CNC(=O)c2nc[nH]c2C(=O)O)o1. The number of nitrogens with one attached hydrogen (secondary N) is 2. The van der Waals surface area contributed by atoms with Crippen LogP contribution in [0.3, 0.4) is 0 Å². The first kappa shape index (κ1) is 11.8. The summed E-state index contributed by atoms with van der Waals surface area (Å²) in [7, 11) is 0. The largest absolute Gasteiger partial charge is 0.477 e. The van der Waals surface area contributed by atoms with Crippen LogP contribution in [0.1, 0.15) is 32.6 Å². The summed E-state index contributed by atoms with van der Waals surface area (Å²) in [5.74, 6) is -0.882. The Labute approximate surface area is 101 Å². The summed E-state index contributed by atoms with van der Waals surface area (Å²) in [6.07, 6.45) is 2.67. The van der Waals surface area contributed by atoms with Gasteiger partial charge in [-0.15, -0.1) is 0 Å². The van der Waals surface area contributed by atoms with Crippen LogP contribution in [0.5, 0.6) is 0 Å². The van der Waals surface area contributed by atoms with Gasteiger partial charge in [0.05, 0.1) is 19.1 Å². The maximum atomic E-state index is 11.7. The number of aromatic amines is 1. The first-order valence-electron chi connectivity index (χ1n) is 5.04. The minimum atomic E-state index is -1.25. The predicted octanol–water partition coefficient (Wildman–Crippen LogP) is 0.334. The number of nitrogens with zero attached hydrogens (tertiary/aromatic N) is 2. The number of aryl methyl sites for hydroxylation is 1. The second-order valence-electron chi connectivity index (χ2n) is 3.48. The van der Waals surface area contributed by atoms with E-state index < -0.39 is 11.9 Å². The van der Waals surface area contributed by atoms with Gasteiger partial charge in [0.15, 0.2) is 11.4 Å². The van der Waals surface area contributed by atoms with Crippen LogP contribution < -0.4 is 5.32 Å². The van der Waals surface area contributed by atoms with Crippen LogP contribution in [0.25, 0.3) is 0 Å². The van der Waals surface area contributed by atoms with Gasteiger partial charge in [-0.05, 0) is 6.92 Å². The number of amides is 1. The van der Waals surface area contributed by atoms with Gasteiger partial charge in [-0.1, -0.05) is 0 Å². The third-order valence-corrected chi connectivity index (χ3v) is 2.14. The smallest absolute Gasteiger partial charge is 0.354 e. The average molecular weight is 250 g/mol. The van der Waals surface area contributed by atoms with Gasteiger partial charge in [0.25, 0.3) is 5.91 Å². The zero-order valence-corrected chi connectivity index (χ0v) is 9.43. The van der Waals surface area contributed by atoms with Crippen molar-refractivity contribution in [3.8, 4) is 0 Å². The number of carboxylic acids is 1. The summed E-state index contributed by atoms with van der Waals surface area (Å²) < 4.78 is 5.16. The van der Waals surface area contributed by atoms with Crippen molar-refractivity contribution in [2.75, 3.05) is 0 Å². The van der Waals surface area contributed by atoms with E-state index in [9.17, 15) is 9.59 Å². The number of carbonyl (C=O) groups is 2. The van der Waals surface area contributed by atoms with E-state index in [1.54, 1.807) is 6.92 Å². The highest BCUT2D eigenvalue weighted by Gasteiger charge is 2.19. The highest BCUT2D eigenvalue weighted by molar-refractivity contribution is 6.02. The summed E-state index contributed by atoms with van der Waals surface area (Å²) in [5, 5.41) is 11.3. The highest BCUT2D eigenvalue weighted by atomic mass is 16.4. The maximum Gasteiger partial charge on any atom is 0.354 e. The quantitative estimate of drug-likeness (QED) is 0.719. The third kappa shape index (κ3) is 2.37. The zero-order valence-electron chi connectivity index (χ0n) is 9.43. The lowest BCUT2D eigenvalue weighted by Crippen LogP contribution is -2.25. The molecule has 0 spiro atoms. The lowest BCUT2D eigenvalue weighted by molar-refractivity contribution is 0.0685. The zero-order chi connectivity index (χ0) is 13.1. The van der Waals surface area contributed by atoms with Crippen molar-refractivity contribution < 1.29 is 19.1 Å². The van der Waals surface area contributed by atoms with Crippen LogP contribution in [-0.2, 0) is 6.54 Å². The molecule has 0 radical (unpaired) electrons. The Balaban J connectivity index is 2.04. The monoisotopic (exact) mass is 250 g/mol. The Bertz CT molecular complexity index is 586. The number of oxazole rings is 1. The lowest BCUT2D eigenvalue weighted by atomic mass is 10.3. The predicted molar refractivity (Wildman–Crippen MR) is 58.0 cm³/mol. The van der Waals surface area contributed by atoms with Gasteiger partial charge < -0.3 is 19.8 Å². The van der Waals surface area contributed by atoms with Crippen LogP contribution >= 0.6 is 0 Å². The van der Waals surface area contributed by atoms with Crippen LogP contribution in [0.4, 0.5) is 0 Å². The van der Waals surface area contributed by atoms with Gasteiger partial charge in [0.1, 0.15) is 5.76 Å². The van der Waals surface area contributed by atoms with E-state index >= 15 is 0 Å². The number of rotatable bonds is 4. The van der Waals surface area contributed by atoms with Gasteiger partial charge >= 0.3 is 5.97 Å². The standard InChI is InChI=1S/C10H10N4O4/c1-5-2-11-6(18-5)3-12-9(15)7-8(10(16)17)14-4-13-7/h2,4H,3H2,1H3,(H,12,15)(H,13,14)(H,16,17). The van der Waals surface area contributed by atoms with Crippen molar-refractivity contribution in [2.45, 2.75) is 13.5 Å². The van der Waals surface area contributed by atoms with Crippen molar-refractivity contribution in [1.29, 1.82) is 0 Å². The molecular formula is C10H10N4O4. The van der Waals surface area contributed by atoms with E-state index in [4.69, 9.17) is 9.52 Å². The Morgan fingerprint density at radius 2 is 2.28 bits per heavy atom. The Morgan fingerprint density at radius 3 is 2.89 bits per heavy atom. The summed E-state index contributed by atoms with van der Waals surface area (Å²) in [4.78, 5) is 32.4. The lowest BCUT2D eigenvalue weighted by Gasteiger charge is -2.00. The molecule has 0 atom stereocenters. The fourth-order valence-corrected chi connectivity index (χ4v) is 1.35. The molecule has 0 aromatic carbocycles. The molecule has 0 aliphatic heterocycles. The molecule has 0 unspecified atom stereocenters. The fourth-order valence-electron chi connectivity index (χ4n) is 1.35. The number of aromatic nitrogens is 3. The Kier molecular flexibility index (Phi) is 3.09. The Morgan fingerprint density at radius 1 is 1.50 bits per heavy atom. The van der Waals surface area contributed by atoms with Gasteiger partial charge in [0, 0.05) is 0 Å². The molecule has 2 aromatic heterocycles. The molecule has 8 nitrogen and oxygen atoms in total. The first-order valence-corrected chi connectivity index (χ1v) is 5.04. The minimum Gasteiger partial charge on any atom is -0.477 e. The molecule has 2 rings (SSSR count). The number of carboxylic acid groups (broad SMARTS) is 1. The van der Waals surface area contributed by atoms with Crippen molar-refractivity contribution in [2.24, 2.45) is 0 Å². The normalized spacial score (nSPS) is 10.3. The Hall–Kier alpha value is -2.64. The van der Waals surface area contributed by atoms with Crippen LogP contribution in [0.2, 0.25) is 0 Å². The highest BCUT2D eigenvalue weighted by Crippen LogP contribution is 2.04. The second kappa shape index (κ2) is 4.70. The van der Waals surface area contributed by atoms with Crippen molar-refractivity contribution in [3.05, 3.63) is 35.6 Å². The molecule has 94 valence electrons. The maximum absolute atomic E-state index is 11.7. The number of aromatic carboxylic acids is 1. The topological polar surface area (TPSA) is 121 Å². The molecule has 0 bridgehead atoms. The van der Waals surface area contributed by atoms with Crippen LogP contribution in [0.15, 0.2) is 16.9 Å². The van der Waals surface area contributed by atoms with Crippen LogP contribution in [0, 0.1) is 6.92 Å². The summed E-state index contributed by atoms with van der Waals surface area (Å²) in [6.45, 7) is 1.80. The minimum absolute atomic E-state index is 0.0680. The molecule has 0 saturated carbocycles. The number of imidazole rings is 1. The van der Waals surface area contributed by atoms with Gasteiger partial charge in [-0.3, -0.25) is 4.79 Å². The molecule has 18 heavy (non-hydrogen) atoms. The fraction of sp³-hybridized carbons (Fsp3) is 0.200. The first-order chi connectivity index (χ1) is 8.58. The third-order valence-electron chi connectivity index (χ3n) is 2.14. The van der Waals surface area contributed by atoms with Crippen LogP contribution in [-0.4, -0.2) is 31.9 Å². The molecule has 2 aromatic rings. The average Bonchev–Trinajstić information content (AvgIpc) is 2.94. The number of carbonyl (C=O) groups excluding carboxylic acids is 1. The van der Waals surface area contributed by atoms with E-state index in [-0.39, 0.29) is 17.9 Å². The molecule has 0 aliphatic rings. The molecule has 1 amide bonds. The van der Waals surface area contributed by atoms with E-state index in [1.165, 1.54) is 6.20 Å². The molecule has 2 heterocycles. The summed E-state index contributed by atoms with van der Waals surface area (Å²) in [6, 6.07) is 0. The van der Waals surface area contributed by atoms with E-state index in [0.29, 0.717) is 11.7 Å². The van der Waals surface area contributed by atoms with Gasteiger partial charge in [-0.2, -0.15) is 0 Å². The molecule has 0 saturated heterocycles. The molecule has 0 aliphatic carbocycles. The molecular weight excluding hydrogens is 240 g/mol. The van der Waals surface area contributed by atoms with E-state index in [2.05, 4.69) is 20.3 Å². The molecule has 8 heteroatoms. The number of hydrogen-bond acceptors (Lipinski definition) is 5. The molecule has 3 N–H and O–H groups in total. The van der Waals surface area contributed by atoms with Crippen molar-refractivity contribution in [3.63, 3.8) is 0 Å². The number of hydrogen-bond donors (Lipinski definition) is 3. The van der Waals surface area contributed by atoms with E-state index in [1.807, 2.05) is 0 Å².